The zero-order valence-electron chi connectivity index (χ0n) is 15.1. The molecule has 1 N–H and O–H groups in total. The van der Waals surface area contributed by atoms with E-state index in [1.165, 1.54) is 19.3 Å². The number of hydrogen-bond acceptors (Lipinski definition) is 3. The first kappa shape index (κ1) is 17.6. The molecule has 5 nitrogen and oxygen atoms in total. The van der Waals surface area contributed by atoms with E-state index in [-0.39, 0.29) is 11.5 Å². The number of aromatic nitrogens is 2. The largest absolute Gasteiger partial charge is 0.353 e. The fraction of sp³-hybridized carbons (Fsp3) is 0.550. The zero-order chi connectivity index (χ0) is 17.8. The van der Waals surface area contributed by atoms with Gasteiger partial charge in [0.15, 0.2) is 0 Å². The SMILES string of the molecule is Cc1cccc2c(=O)n(CCCC(=O)N[C@H]3CCCC[C@H]3C)cnc12. The molecule has 1 heterocycles. The first-order valence-corrected chi connectivity index (χ1v) is 9.30. The van der Waals surface area contributed by atoms with E-state index in [0.29, 0.717) is 36.7 Å². The van der Waals surface area contributed by atoms with Crippen molar-refractivity contribution in [1.29, 1.82) is 0 Å². The van der Waals surface area contributed by atoms with Gasteiger partial charge in [-0.3, -0.25) is 14.2 Å². The van der Waals surface area contributed by atoms with Crippen molar-refractivity contribution in [1.82, 2.24) is 14.9 Å². The van der Waals surface area contributed by atoms with Gasteiger partial charge in [-0.1, -0.05) is 31.9 Å². The Morgan fingerprint density at radius 1 is 1.32 bits per heavy atom. The molecular weight excluding hydrogens is 314 g/mol. The summed E-state index contributed by atoms with van der Waals surface area (Å²) in [6.45, 7) is 4.69. The van der Waals surface area contributed by atoms with Crippen LogP contribution in [0.2, 0.25) is 0 Å². The van der Waals surface area contributed by atoms with Crippen LogP contribution in [0.4, 0.5) is 0 Å². The molecule has 1 amide bonds. The van der Waals surface area contributed by atoms with Gasteiger partial charge in [0.25, 0.3) is 5.56 Å². The summed E-state index contributed by atoms with van der Waals surface area (Å²) in [5.74, 6) is 0.657. The second-order valence-electron chi connectivity index (χ2n) is 7.25. The molecule has 0 aliphatic heterocycles. The number of rotatable bonds is 5. The van der Waals surface area contributed by atoms with Crippen LogP contribution in [0.15, 0.2) is 29.3 Å². The van der Waals surface area contributed by atoms with Gasteiger partial charge in [-0.05, 0) is 43.7 Å². The Morgan fingerprint density at radius 2 is 2.12 bits per heavy atom. The lowest BCUT2D eigenvalue weighted by atomic mass is 9.86. The smallest absolute Gasteiger partial charge is 0.261 e. The highest BCUT2D eigenvalue weighted by Gasteiger charge is 2.22. The van der Waals surface area contributed by atoms with Gasteiger partial charge >= 0.3 is 0 Å². The number of benzene rings is 1. The number of para-hydroxylation sites is 1. The van der Waals surface area contributed by atoms with Crippen LogP contribution in [0.1, 0.15) is 51.0 Å². The number of hydrogen-bond donors (Lipinski definition) is 1. The monoisotopic (exact) mass is 341 g/mol. The summed E-state index contributed by atoms with van der Waals surface area (Å²) in [7, 11) is 0. The fourth-order valence-corrected chi connectivity index (χ4v) is 3.72. The molecule has 1 aliphatic rings. The summed E-state index contributed by atoms with van der Waals surface area (Å²) in [5, 5.41) is 3.81. The van der Waals surface area contributed by atoms with Crippen LogP contribution in [-0.4, -0.2) is 21.5 Å². The maximum atomic E-state index is 12.5. The van der Waals surface area contributed by atoms with E-state index in [1.807, 2.05) is 25.1 Å². The summed E-state index contributed by atoms with van der Waals surface area (Å²) in [5.41, 5.74) is 1.73. The Kier molecular flexibility index (Phi) is 5.51. The van der Waals surface area contributed by atoms with Crippen LogP contribution in [0.5, 0.6) is 0 Å². The second kappa shape index (κ2) is 7.81. The molecule has 25 heavy (non-hydrogen) atoms. The van der Waals surface area contributed by atoms with Crippen molar-refractivity contribution in [2.24, 2.45) is 5.92 Å². The quantitative estimate of drug-likeness (QED) is 0.908. The molecule has 1 aromatic heterocycles. The highest BCUT2D eigenvalue weighted by atomic mass is 16.1. The van der Waals surface area contributed by atoms with Crippen molar-refractivity contribution < 1.29 is 4.79 Å². The number of carbonyl (C=O) groups excluding carboxylic acids is 1. The minimum absolute atomic E-state index is 0.0324. The van der Waals surface area contributed by atoms with Gasteiger partial charge < -0.3 is 5.32 Å². The van der Waals surface area contributed by atoms with Gasteiger partial charge in [0.05, 0.1) is 17.2 Å². The molecule has 1 aromatic carbocycles. The predicted molar refractivity (Wildman–Crippen MR) is 99.5 cm³/mol. The van der Waals surface area contributed by atoms with Gasteiger partial charge in [0.1, 0.15) is 0 Å². The normalized spacial score (nSPS) is 20.6. The molecule has 1 fully saturated rings. The Morgan fingerprint density at radius 3 is 2.92 bits per heavy atom. The van der Waals surface area contributed by atoms with Gasteiger partial charge in [0, 0.05) is 19.0 Å². The first-order valence-electron chi connectivity index (χ1n) is 9.30. The average molecular weight is 341 g/mol. The van der Waals surface area contributed by atoms with E-state index >= 15 is 0 Å². The Labute approximate surface area is 148 Å². The molecule has 5 heteroatoms. The average Bonchev–Trinajstić information content (AvgIpc) is 2.60. The predicted octanol–water partition coefficient (Wildman–Crippen LogP) is 3.18. The Bertz CT molecular complexity index is 812. The third kappa shape index (κ3) is 4.09. The van der Waals surface area contributed by atoms with Gasteiger partial charge in [-0.2, -0.15) is 0 Å². The molecule has 1 aliphatic carbocycles. The van der Waals surface area contributed by atoms with Crippen molar-refractivity contribution in [2.45, 2.75) is 65.0 Å². The topological polar surface area (TPSA) is 64.0 Å². The third-order valence-electron chi connectivity index (χ3n) is 5.32. The van der Waals surface area contributed by atoms with Gasteiger partial charge in [-0.15, -0.1) is 0 Å². The van der Waals surface area contributed by atoms with Crippen molar-refractivity contribution in [3.8, 4) is 0 Å². The first-order chi connectivity index (χ1) is 12.1. The molecule has 1 saturated carbocycles. The molecule has 0 saturated heterocycles. The van der Waals surface area contributed by atoms with Crippen molar-refractivity contribution in [2.75, 3.05) is 0 Å². The van der Waals surface area contributed by atoms with Crippen molar-refractivity contribution in [3.63, 3.8) is 0 Å². The molecule has 0 unspecified atom stereocenters. The summed E-state index contributed by atoms with van der Waals surface area (Å²) in [4.78, 5) is 29.1. The van der Waals surface area contributed by atoms with Crippen LogP contribution in [-0.2, 0) is 11.3 Å². The van der Waals surface area contributed by atoms with E-state index < -0.39 is 0 Å². The second-order valence-corrected chi connectivity index (χ2v) is 7.25. The standard InChI is InChI=1S/C20H27N3O2/c1-14-7-3-4-10-17(14)22-18(24)11-6-12-23-13-21-19-15(2)8-5-9-16(19)20(23)25/h5,8-9,13-14,17H,3-4,6-7,10-12H2,1-2H3,(H,22,24)/t14-,17+/m1/s1. The van der Waals surface area contributed by atoms with Crippen LogP contribution in [0.3, 0.4) is 0 Å². The Hall–Kier alpha value is -2.17. The lowest BCUT2D eigenvalue weighted by molar-refractivity contribution is -0.122. The number of aryl methyl sites for hydroxylation is 2. The maximum absolute atomic E-state index is 12.5. The van der Waals surface area contributed by atoms with E-state index in [9.17, 15) is 9.59 Å². The Balaban J connectivity index is 1.57. The highest BCUT2D eigenvalue weighted by Crippen LogP contribution is 2.23. The summed E-state index contributed by atoms with van der Waals surface area (Å²) < 4.78 is 1.61. The summed E-state index contributed by atoms with van der Waals surface area (Å²) in [6.07, 6.45) is 7.44. The molecule has 2 atom stereocenters. The molecule has 2 aromatic rings. The fourth-order valence-electron chi connectivity index (χ4n) is 3.72. The number of nitrogens with one attached hydrogen (secondary N) is 1. The van der Waals surface area contributed by atoms with Crippen LogP contribution >= 0.6 is 0 Å². The summed E-state index contributed by atoms with van der Waals surface area (Å²) >= 11 is 0. The molecule has 0 spiro atoms. The van der Waals surface area contributed by atoms with E-state index in [1.54, 1.807) is 10.9 Å². The van der Waals surface area contributed by atoms with Crippen LogP contribution in [0, 0.1) is 12.8 Å². The number of nitrogens with zero attached hydrogens (tertiary/aromatic N) is 2. The molecule has 0 radical (unpaired) electrons. The number of carbonyl (C=O) groups is 1. The zero-order valence-corrected chi connectivity index (χ0v) is 15.1. The number of amides is 1. The number of fused-ring (bicyclic) bond motifs is 1. The maximum Gasteiger partial charge on any atom is 0.261 e. The van der Waals surface area contributed by atoms with E-state index in [2.05, 4.69) is 17.2 Å². The molecule has 3 rings (SSSR count). The minimum Gasteiger partial charge on any atom is -0.353 e. The van der Waals surface area contributed by atoms with Crippen molar-refractivity contribution >= 4 is 16.8 Å². The highest BCUT2D eigenvalue weighted by molar-refractivity contribution is 5.80. The van der Waals surface area contributed by atoms with E-state index in [0.717, 1.165) is 17.5 Å². The van der Waals surface area contributed by atoms with Gasteiger partial charge in [-0.25, -0.2) is 4.98 Å². The third-order valence-corrected chi connectivity index (χ3v) is 5.32. The summed E-state index contributed by atoms with van der Waals surface area (Å²) in [6, 6.07) is 5.96. The minimum atomic E-state index is -0.0324. The van der Waals surface area contributed by atoms with Gasteiger partial charge in [0.2, 0.25) is 5.91 Å². The van der Waals surface area contributed by atoms with E-state index in [4.69, 9.17) is 0 Å². The molecule has 134 valence electrons. The lowest BCUT2D eigenvalue weighted by Gasteiger charge is -2.29. The van der Waals surface area contributed by atoms with Crippen LogP contribution in [0.25, 0.3) is 10.9 Å². The molecular formula is C20H27N3O2. The van der Waals surface area contributed by atoms with Crippen molar-refractivity contribution in [3.05, 3.63) is 40.4 Å². The molecule has 0 bridgehead atoms. The van der Waals surface area contributed by atoms with Crippen LogP contribution < -0.4 is 10.9 Å². The lowest BCUT2D eigenvalue weighted by Crippen LogP contribution is -2.41.